The van der Waals surface area contributed by atoms with E-state index >= 15 is 0 Å². The smallest absolute Gasteiger partial charge is 0.129 e. The van der Waals surface area contributed by atoms with Crippen molar-refractivity contribution in [3.63, 3.8) is 0 Å². The van der Waals surface area contributed by atoms with Gasteiger partial charge >= 0.3 is 0 Å². The van der Waals surface area contributed by atoms with Gasteiger partial charge in [0, 0.05) is 30.2 Å². The van der Waals surface area contributed by atoms with E-state index in [0.29, 0.717) is 17.1 Å². The number of hydrogen-bond donors (Lipinski definition) is 1. The van der Waals surface area contributed by atoms with Crippen LogP contribution in [0.25, 0.3) is 0 Å². The second kappa shape index (κ2) is 4.92. The lowest BCUT2D eigenvalue weighted by molar-refractivity contribution is -0.00749. The average Bonchev–Trinajstić information content (AvgIpc) is 2.25. The Morgan fingerprint density at radius 2 is 2.06 bits per heavy atom. The van der Waals surface area contributed by atoms with Gasteiger partial charge in [0.1, 0.15) is 5.82 Å². The monoisotopic (exact) mass is 257 g/mol. The fraction of sp³-hybridized carbons (Fsp3) is 0.538. The third kappa shape index (κ3) is 3.41. The van der Waals surface area contributed by atoms with Gasteiger partial charge in [0.05, 0.1) is 5.60 Å². The van der Waals surface area contributed by atoms with Crippen LogP contribution in [0.15, 0.2) is 18.2 Å². The Bertz CT molecular complexity index is 398. The van der Waals surface area contributed by atoms with E-state index in [4.69, 9.17) is 11.6 Å². The van der Waals surface area contributed by atoms with Gasteiger partial charge in [0.2, 0.25) is 0 Å². The fourth-order valence-electron chi connectivity index (χ4n) is 2.08. The number of hydrogen-bond acceptors (Lipinski definition) is 2. The van der Waals surface area contributed by atoms with Crippen molar-refractivity contribution in [3.05, 3.63) is 34.6 Å². The van der Waals surface area contributed by atoms with Crippen LogP contribution in [0.5, 0.6) is 0 Å². The molecule has 2 rings (SSSR count). The number of piperidine rings is 1. The topological polar surface area (TPSA) is 23.5 Å². The van der Waals surface area contributed by atoms with Gasteiger partial charge in [-0.2, -0.15) is 0 Å². The van der Waals surface area contributed by atoms with Crippen LogP contribution in [0.3, 0.4) is 0 Å². The standard InChI is InChI=1S/C13H17ClFNO/c1-13(17)4-6-16(7-5-13)9-10-2-3-11(14)8-12(10)15/h2-3,8,17H,4-7,9H2,1H3. The van der Waals surface area contributed by atoms with Crippen molar-refractivity contribution in [2.75, 3.05) is 13.1 Å². The molecule has 1 aromatic carbocycles. The molecule has 0 aromatic heterocycles. The Hall–Kier alpha value is -0.640. The third-order valence-corrected chi connectivity index (χ3v) is 3.58. The highest BCUT2D eigenvalue weighted by Gasteiger charge is 2.27. The molecule has 4 heteroatoms. The molecule has 0 amide bonds. The van der Waals surface area contributed by atoms with Crippen LogP contribution in [0.2, 0.25) is 5.02 Å². The first-order valence-corrected chi connectivity index (χ1v) is 6.23. The molecule has 94 valence electrons. The molecule has 0 radical (unpaired) electrons. The second-order valence-corrected chi connectivity index (χ2v) is 5.45. The molecule has 1 heterocycles. The summed E-state index contributed by atoms with van der Waals surface area (Å²) in [5, 5.41) is 10.3. The lowest BCUT2D eigenvalue weighted by Gasteiger charge is -2.35. The summed E-state index contributed by atoms with van der Waals surface area (Å²) in [7, 11) is 0. The summed E-state index contributed by atoms with van der Waals surface area (Å²) >= 11 is 5.71. The summed E-state index contributed by atoms with van der Waals surface area (Å²) in [5.41, 5.74) is 0.102. The second-order valence-electron chi connectivity index (χ2n) is 5.01. The Balaban J connectivity index is 1.98. The molecule has 1 aliphatic heterocycles. The minimum Gasteiger partial charge on any atom is -0.390 e. The molecule has 1 N–H and O–H groups in total. The number of likely N-dealkylation sites (tertiary alicyclic amines) is 1. The molecular formula is C13H17ClFNO. The van der Waals surface area contributed by atoms with Crippen LogP contribution in [-0.2, 0) is 6.54 Å². The predicted octanol–water partition coefficient (Wildman–Crippen LogP) is 2.83. The molecule has 0 saturated carbocycles. The Kier molecular flexibility index (Phi) is 3.71. The molecule has 0 bridgehead atoms. The predicted molar refractivity (Wildman–Crippen MR) is 66.5 cm³/mol. The maximum Gasteiger partial charge on any atom is 0.129 e. The molecule has 0 spiro atoms. The fourth-order valence-corrected chi connectivity index (χ4v) is 2.24. The van der Waals surface area contributed by atoms with E-state index in [2.05, 4.69) is 4.90 Å². The highest BCUT2D eigenvalue weighted by atomic mass is 35.5. The van der Waals surface area contributed by atoms with Gasteiger partial charge in [-0.3, -0.25) is 4.90 Å². The zero-order chi connectivity index (χ0) is 12.5. The van der Waals surface area contributed by atoms with Crippen LogP contribution >= 0.6 is 11.6 Å². The zero-order valence-electron chi connectivity index (χ0n) is 9.92. The summed E-state index contributed by atoms with van der Waals surface area (Å²) in [6.07, 6.45) is 1.48. The molecule has 0 atom stereocenters. The molecule has 17 heavy (non-hydrogen) atoms. The maximum atomic E-state index is 13.6. The van der Waals surface area contributed by atoms with Gasteiger partial charge in [-0.15, -0.1) is 0 Å². The first-order valence-electron chi connectivity index (χ1n) is 5.85. The van der Waals surface area contributed by atoms with Crippen LogP contribution < -0.4 is 0 Å². The molecule has 1 saturated heterocycles. The minimum absolute atomic E-state index is 0.255. The van der Waals surface area contributed by atoms with Crippen molar-refractivity contribution in [1.82, 2.24) is 4.90 Å². The van der Waals surface area contributed by atoms with Crippen LogP contribution in [-0.4, -0.2) is 28.7 Å². The largest absolute Gasteiger partial charge is 0.390 e. The van der Waals surface area contributed by atoms with E-state index in [1.807, 2.05) is 6.92 Å². The molecule has 1 aliphatic rings. The van der Waals surface area contributed by atoms with E-state index in [0.717, 1.165) is 25.9 Å². The SMILES string of the molecule is CC1(O)CCN(Cc2ccc(Cl)cc2F)CC1. The molecule has 1 aromatic rings. The van der Waals surface area contributed by atoms with Gasteiger partial charge in [-0.25, -0.2) is 4.39 Å². The van der Waals surface area contributed by atoms with Gasteiger partial charge in [-0.1, -0.05) is 17.7 Å². The Labute approximate surface area is 106 Å². The maximum absolute atomic E-state index is 13.6. The number of nitrogens with zero attached hydrogens (tertiary/aromatic N) is 1. The first kappa shape index (κ1) is 12.8. The van der Waals surface area contributed by atoms with E-state index < -0.39 is 5.60 Å². The zero-order valence-corrected chi connectivity index (χ0v) is 10.7. The Morgan fingerprint density at radius 3 is 2.65 bits per heavy atom. The number of aliphatic hydroxyl groups is 1. The molecule has 0 aliphatic carbocycles. The van der Waals surface area contributed by atoms with E-state index in [9.17, 15) is 9.50 Å². The summed E-state index contributed by atoms with van der Waals surface area (Å²) < 4.78 is 13.6. The van der Waals surface area contributed by atoms with Crippen molar-refractivity contribution in [2.45, 2.75) is 31.9 Å². The number of halogens is 2. The normalized spacial score (nSPS) is 20.5. The molecule has 1 fully saturated rings. The van der Waals surface area contributed by atoms with Crippen LogP contribution in [0, 0.1) is 5.82 Å². The summed E-state index contributed by atoms with van der Waals surface area (Å²) in [6, 6.07) is 4.78. The number of rotatable bonds is 2. The molecule has 0 unspecified atom stereocenters. The van der Waals surface area contributed by atoms with Crippen molar-refractivity contribution in [2.24, 2.45) is 0 Å². The van der Waals surface area contributed by atoms with Crippen LogP contribution in [0.4, 0.5) is 4.39 Å². The lowest BCUT2D eigenvalue weighted by atomic mass is 9.93. The van der Waals surface area contributed by atoms with Crippen LogP contribution in [0.1, 0.15) is 25.3 Å². The first-order chi connectivity index (χ1) is 7.96. The summed E-state index contributed by atoms with van der Waals surface area (Å²) in [4.78, 5) is 2.16. The van der Waals surface area contributed by atoms with E-state index in [1.165, 1.54) is 6.07 Å². The third-order valence-electron chi connectivity index (χ3n) is 3.34. The van der Waals surface area contributed by atoms with Gasteiger partial charge in [0.25, 0.3) is 0 Å². The minimum atomic E-state index is -0.560. The van der Waals surface area contributed by atoms with Crippen molar-refractivity contribution < 1.29 is 9.50 Å². The highest BCUT2D eigenvalue weighted by molar-refractivity contribution is 6.30. The lowest BCUT2D eigenvalue weighted by Crippen LogP contribution is -2.42. The quantitative estimate of drug-likeness (QED) is 0.881. The summed E-state index contributed by atoms with van der Waals surface area (Å²) in [5.74, 6) is -0.255. The molecule has 2 nitrogen and oxygen atoms in total. The average molecular weight is 258 g/mol. The van der Waals surface area contributed by atoms with Crippen molar-refractivity contribution >= 4 is 11.6 Å². The molecular weight excluding hydrogens is 241 g/mol. The van der Waals surface area contributed by atoms with Crippen molar-refractivity contribution in [1.29, 1.82) is 0 Å². The van der Waals surface area contributed by atoms with Gasteiger partial charge < -0.3 is 5.11 Å². The van der Waals surface area contributed by atoms with Crippen molar-refractivity contribution in [3.8, 4) is 0 Å². The number of benzene rings is 1. The Morgan fingerprint density at radius 1 is 1.41 bits per heavy atom. The van der Waals surface area contributed by atoms with Gasteiger partial charge in [0.15, 0.2) is 0 Å². The van der Waals surface area contributed by atoms with E-state index in [1.54, 1.807) is 12.1 Å². The van der Waals surface area contributed by atoms with Gasteiger partial charge in [-0.05, 0) is 31.9 Å². The van der Waals surface area contributed by atoms with E-state index in [-0.39, 0.29) is 5.82 Å². The highest BCUT2D eigenvalue weighted by Crippen LogP contribution is 2.23. The summed E-state index contributed by atoms with van der Waals surface area (Å²) in [6.45, 7) is 4.04.